The Kier molecular flexibility index (Phi) is 6.64. The van der Waals surface area contributed by atoms with Crippen LogP contribution in [-0.4, -0.2) is 30.1 Å². The predicted octanol–water partition coefficient (Wildman–Crippen LogP) is 5.63. The number of hydrogen-bond donors (Lipinski definition) is 1. The zero-order chi connectivity index (χ0) is 26.1. The number of aromatic nitrogens is 5. The van der Waals surface area contributed by atoms with Crippen molar-refractivity contribution in [2.24, 2.45) is 0 Å². The molecule has 1 N–H and O–H groups in total. The van der Waals surface area contributed by atoms with Gasteiger partial charge in [-0.1, -0.05) is 43.2 Å². The Labute approximate surface area is 221 Å². The number of aryl methyl sites for hydroxylation is 2. The van der Waals surface area contributed by atoms with E-state index in [0.717, 1.165) is 53.5 Å². The number of pyridine rings is 1. The van der Waals surface area contributed by atoms with Crippen LogP contribution in [0.5, 0.6) is 0 Å². The zero-order valence-corrected chi connectivity index (χ0v) is 21.8. The van der Waals surface area contributed by atoms with E-state index in [2.05, 4.69) is 57.5 Å². The number of nitrogens with one attached hydrogen (secondary N) is 1. The van der Waals surface area contributed by atoms with Gasteiger partial charge in [-0.25, -0.2) is 4.68 Å². The summed E-state index contributed by atoms with van der Waals surface area (Å²) in [5, 5.41) is 14.1. The Morgan fingerprint density at radius 3 is 2.58 bits per heavy atom. The van der Waals surface area contributed by atoms with Crippen LogP contribution in [0.4, 0.5) is 0 Å². The maximum Gasteiger partial charge on any atom is 0.253 e. The average Bonchev–Trinajstić information content (AvgIpc) is 3.70. The van der Waals surface area contributed by atoms with Gasteiger partial charge in [-0.05, 0) is 89.5 Å². The smallest absolute Gasteiger partial charge is 0.253 e. The summed E-state index contributed by atoms with van der Waals surface area (Å²) in [6.07, 6.45) is 6.07. The molecule has 0 radical (unpaired) electrons. The summed E-state index contributed by atoms with van der Waals surface area (Å²) in [5.41, 5.74) is 4.77. The van der Waals surface area contributed by atoms with Crippen LogP contribution < -0.4 is 5.56 Å². The van der Waals surface area contributed by atoms with Crippen LogP contribution in [0.2, 0.25) is 0 Å². The maximum absolute atomic E-state index is 13.8. The Morgan fingerprint density at radius 2 is 1.82 bits per heavy atom. The molecule has 8 heteroatoms. The quantitative estimate of drug-likeness (QED) is 0.292. The average molecular weight is 509 g/mol. The first-order chi connectivity index (χ1) is 18.6. The van der Waals surface area contributed by atoms with E-state index >= 15 is 0 Å². The molecular formula is C30H32N6O2. The molecule has 0 saturated heterocycles. The van der Waals surface area contributed by atoms with Crippen molar-refractivity contribution in [1.29, 1.82) is 0 Å². The first-order valence-corrected chi connectivity index (χ1v) is 13.3. The van der Waals surface area contributed by atoms with E-state index < -0.39 is 6.04 Å². The van der Waals surface area contributed by atoms with E-state index in [1.807, 2.05) is 47.1 Å². The summed E-state index contributed by atoms with van der Waals surface area (Å²) in [5.74, 6) is 1.50. The van der Waals surface area contributed by atoms with Crippen molar-refractivity contribution >= 4 is 10.9 Å². The van der Waals surface area contributed by atoms with Gasteiger partial charge >= 0.3 is 0 Å². The SMILES string of the molecule is Cc1cc2cc(C(c3nnnn3C3CCCC3)N(Cc3ccccc3)Cc3ccco3)c(=O)[nH]c2cc1C. The van der Waals surface area contributed by atoms with Crippen molar-refractivity contribution in [3.63, 3.8) is 0 Å². The second-order valence-corrected chi connectivity index (χ2v) is 10.4. The predicted molar refractivity (Wildman–Crippen MR) is 146 cm³/mol. The van der Waals surface area contributed by atoms with Crippen molar-refractivity contribution in [1.82, 2.24) is 30.1 Å². The summed E-state index contributed by atoms with van der Waals surface area (Å²) in [6.45, 7) is 5.24. The van der Waals surface area contributed by atoms with E-state index in [-0.39, 0.29) is 11.6 Å². The molecule has 0 amide bonds. The van der Waals surface area contributed by atoms with Gasteiger partial charge in [0, 0.05) is 17.6 Å². The first kappa shape index (κ1) is 24.3. The molecular weight excluding hydrogens is 476 g/mol. The number of rotatable bonds is 8. The third-order valence-electron chi connectivity index (χ3n) is 7.75. The van der Waals surface area contributed by atoms with Gasteiger partial charge in [0.05, 0.1) is 18.8 Å². The lowest BCUT2D eigenvalue weighted by molar-refractivity contribution is 0.176. The molecule has 2 aromatic carbocycles. The summed E-state index contributed by atoms with van der Waals surface area (Å²) < 4.78 is 7.74. The van der Waals surface area contributed by atoms with Crippen LogP contribution in [0.15, 0.2) is 76.1 Å². The lowest BCUT2D eigenvalue weighted by Gasteiger charge is -2.31. The minimum Gasteiger partial charge on any atom is -0.468 e. The number of furan rings is 1. The maximum atomic E-state index is 13.8. The molecule has 1 unspecified atom stereocenters. The van der Waals surface area contributed by atoms with Crippen LogP contribution in [0.3, 0.4) is 0 Å². The standard InChI is InChI=1S/C30H32N6O2/c1-20-15-23-17-26(30(37)31-27(23)16-21(20)2)28(29-32-33-34-36(29)24-11-6-7-12-24)35(19-25-13-8-14-38-25)18-22-9-4-3-5-10-22/h3-5,8-10,13-17,24,28H,6-7,11-12,18-19H2,1-2H3,(H,31,37). The van der Waals surface area contributed by atoms with Gasteiger partial charge in [-0.2, -0.15) is 0 Å². The van der Waals surface area contributed by atoms with Crippen molar-refractivity contribution < 1.29 is 4.42 Å². The van der Waals surface area contributed by atoms with E-state index in [1.165, 1.54) is 5.56 Å². The highest BCUT2D eigenvalue weighted by molar-refractivity contribution is 5.81. The molecule has 3 heterocycles. The van der Waals surface area contributed by atoms with Gasteiger partial charge in [0.2, 0.25) is 0 Å². The third kappa shape index (κ3) is 4.79. The summed E-state index contributed by atoms with van der Waals surface area (Å²) in [7, 11) is 0. The van der Waals surface area contributed by atoms with E-state index in [9.17, 15) is 4.79 Å². The molecule has 3 aromatic heterocycles. The van der Waals surface area contributed by atoms with Crippen molar-refractivity contribution in [3.8, 4) is 0 Å². The molecule has 1 aliphatic carbocycles. The number of fused-ring (bicyclic) bond motifs is 1. The molecule has 38 heavy (non-hydrogen) atoms. The van der Waals surface area contributed by atoms with Crippen LogP contribution in [-0.2, 0) is 13.1 Å². The Balaban J connectivity index is 1.54. The fourth-order valence-electron chi connectivity index (χ4n) is 5.64. The molecule has 0 spiro atoms. The fraction of sp³-hybridized carbons (Fsp3) is 0.333. The van der Waals surface area contributed by atoms with Crippen LogP contribution in [0.1, 0.15) is 71.6 Å². The lowest BCUT2D eigenvalue weighted by atomic mass is 9.99. The Hall–Kier alpha value is -4.04. The highest BCUT2D eigenvalue weighted by atomic mass is 16.3. The van der Waals surface area contributed by atoms with Crippen LogP contribution in [0.25, 0.3) is 10.9 Å². The topological polar surface area (TPSA) is 92.8 Å². The van der Waals surface area contributed by atoms with Gasteiger partial charge in [0.15, 0.2) is 5.82 Å². The number of benzene rings is 2. The molecule has 0 bridgehead atoms. The molecule has 5 aromatic rings. The largest absolute Gasteiger partial charge is 0.468 e. The zero-order valence-electron chi connectivity index (χ0n) is 21.8. The molecule has 6 rings (SSSR count). The number of hydrogen-bond acceptors (Lipinski definition) is 6. The van der Waals surface area contributed by atoms with Crippen LogP contribution in [0, 0.1) is 13.8 Å². The minimum absolute atomic E-state index is 0.135. The molecule has 1 saturated carbocycles. The number of nitrogens with zero attached hydrogens (tertiary/aromatic N) is 5. The molecule has 1 aliphatic rings. The summed E-state index contributed by atoms with van der Waals surface area (Å²) in [4.78, 5) is 19.2. The Morgan fingerprint density at radius 1 is 1.03 bits per heavy atom. The highest BCUT2D eigenvalue weighted by Gasteiger charge is 2.33. The minimum atomic E-state index is -0.481. The third-order valence-corrected chi connectivity index (χ3v) is 7.75. The van der Waals surface area contributed by atoms with Gasteiger partial charge in [-0.3, -0.25) is 9.69 Å². The summed E-state index contributed by atoms with van der Waals surface area (Å²) in [6, 6.07) is 20.1. The number of tetrazole rings is 1. The van der Waals surface area contributed by atoms with Crippen molar-refractivity contribution in [2.45, 2.75) is 64.7 Å². The second kappa shape index (κ2) is 10.4. The Bertz CT molecular complexity index is 1580. The molecule has 194 valence electrons. The van der Waals surface area contributed by atoms with Crippen LogP contribution >= 0.6 is 0 Å². The van der Waals surface area contributed by atoms with Crippen molar-refractivity contribution in [2.75, 3.05) is 0 Å². The molecule has 0 aliphatic heterocycles. The van der Waals surface area contributed by atoms with Crippen molar-refractivity contribution in [3.05, 3.63) is 111 Å². The lowest BCUT2D eigenvalue weighted by Crippen LogP contribution is -2.35. The first-order valence-electron chi connectivity index (χ1n) is 13.3. The second-order valence-electron chi connectivity index (χ2n) is 10.4. The van der Waals surface area contributed by atoms with Gasteiger partial charge in [-0.15, -0.1) is 5.10 Å². The molecule has 1 atom stereocenters. The number of H-pyrrole nitrogens is 1. The van der Waals surface area contributed by atoms with Gasteiger partial charge < -0.3 is 9.40 Å². The van der Waals surface area contributed by atoms with E-state index in [0.29, 0.717) is 24.5 Å². The monoisotopic (exact) mass is 508 g/mol. The van der Waals surface area contributed by atoms with Gasteiger partial charge in [0.1, 0.15) is 11.8 Å². The molecule has 8 nitrogen and oxygen atoms in total. The highest BCUT2D eigenvalue weighted by Crippen LogP contribution is 2.35. The number of aromatic amines is 1. The fourth-order valence-corrected chi connectivity index (χ4v) is 5.64. The van der Waals surface area contributed by atoms with Gasteiger partial charge in [0.25, 0.3) is 5.56 Å². The molecule has 1 fully saturated rings. The van der Waals surface area contributed by atoms with E-state index in [1.54, 1.807) is 6.26 Å². The van der Waals surface area contributed by atoms with E-state index in [4.69, 9.17) is 4.42 Å². The summed E-state index contributed by atoms with van der Waals surface area (Å²) >= 11 is 0. The normalized spacial score (nSPS) is 15.0.